The first-order chi connectivity index (χ1) is 6.83. The van der Waals surface area contributed by atoms with Crippen molar-refractivity contribution >= 4 is 23.2 Å². The van der Waals surface area contributed by atoms with Crippen LogP contribution >= 0.6 is 23.2 Å². The lowest BCUT2D eigenvalue weighted by molar-refractivity contribution is 0.681. The monoisotopic (exact) mass is 231 g/mol. The lowest BCUT2D eigenvalue weighted by atomic mass is 10.1. The summed E-state index contributed by atoms with van der Waals surface area (Å²) in [6.07, 6.45) is 0.900. The Bertz CT molecular complexity index is 238. The molecule has 1 atom stereocenters. The van der Waals surface area contributed by atoms with E-state index in [1.54, 1.807) is 0 Å². The van der Waals surface area contributed by atoms with Crippen LogP contribution in [0.1, 0.15) is 5.56 Å². The number of rotatable bonds is 6. The first-order valence-corrected chi connectivity index (χ1v) is 5.74. The third-order valence-corrected chi connectivity index (χ3v) is 2.43. The molecule has 0 aliphatic carbocycles. The molecule has 78 valence electrons. The molecule has 0 aromatic heterocycles. The molecule has 1 aromatic carbocycles. The predicted octanol–water partition coefficient (Wildman–Crippen LogP) is 2.66. The summed E-state index contributed by atoms with van der Waals surface area (Å²) in [5.74, 6) is 0.634. The fourth-order valence-corrected chi connectivity index (χ4v) is 1.69. The average Bonchev–Trinajstić information content (AvgIpc) is 2.20. The molecule has 1 rings (SSSR count). The van der Waals surface area contributed by atoms with Crippen molar-refractivity contribution in [2.24, 2.45) is 0 Å². The first-order valence-electron chi connectivity index (χ1n) is 4.77. The standard InChI is InChI=1S/C11H15Cl2N/c12-6-7-14-9-11(13)8-10-4-2-1-3-5-10/h1-5,11,14H,6-9H2. The zero-order valence-electron chi connectivity index (χ0n) is 8.05. The van der Waals surface area contributed by atoms with E-state index in [1.165, 1.54) is 5.56 Å². The summed E-state index contributed by atoms with van der Waals surface area (Å²) in [5, 5.41) is 3.33. The number of alkyl halides is 2. The Morgan fingerprint density at radius 1 is 1.21 bits per heavy atom. The third kappa shape index (κ3) is 4.85. The van der Waals surface area contributed by atoms with Crippen molar-refractivity contribution in [2.75, 3.05) is 19.0 Å². The topological polar surface area (TPSA) is 12.0 Å². The van der Waals surface area contributed by atoms with E-state index in [9.17, 15) is 0 Å². The molecule has 0 saturated heterocycles. The summed E-state index contributed by atoms with van der Waals surface area (Å²) < 4.78 is 0. The lowest BCUT2D eigenvalue weighted by Gasteiger charge is -2.09. The van der Waals surface area contributed by atoms with Crippen LogP contribution in [0.3, 0.4) is 0 Å². The molecule has 0 heterocycles. The molecule has 1 nitrogen and oxygen atoms in total. The van der Waals surface area contributed by atoms with Crippen molar-refractivity contribution in [3.05, 3.63) is 35.9 Å². The molecule has 0 bridgehead atoms. The zero-order valence-corrected chi connectivity index (χ0v) is 9.56. The van der Waals surface area contributed by atoms with Crippen LogP contribution in [0, 0.1) is 0 Å². The fraction of sp³-hybridized carbons (Fsp3) is 0.455. The lowest BCUT2D eigenvalue weighted by Crippen LogP contribution is -2.26. The molecular weight excluding hydrogens is 217 g/mol. The van der Waals surface area contributed by atoms with E-state index in [2.05, 4.69) is 17.4 Å². The smallest absolute Gasteiger partial charge is 0.0500 e. The maximum absolute atomic E-state index is 6.15. The normalized spacial score (nSPS) is 12.7. The molecule has 0 aliphatic heterocycles. The van der Waals surface area contributed by atoms with Crippen LogP contribution in [0.5, 0.6) is 0 Å². The van der Waals surface area contributed by atoms with Gasteiger partial charge in [-0.2, -0.15) is 0 Å². The number of halogens is 2. The summed E-state index contributed by atoms with van der Waals surface area (Å²) in [6, 6.07) is 10.3. The molecule has 0 radical (unpaired) electrons. The Kier molecular flexibility index (Phi) is 6.00. The maximum Gasteiger partial charge on any atom is 0.0500 e. The SMILES string of the molecule is ClCCNCC(Cl)Cc1ccccc1. The summed E-state index contributed by atoms with van der Waals surface area (Å²) >= 11 is 11.7. The second-order valence-corrected chi connectivity index (χ2v) is 4.18. The van der Waals surface area contributed by atoms with E-state index in [1.807, 2.05) is 18.2 Å². The van der Waals surface area contributed by atoms with Crippen LogP contribution in [0.4, 0.5) is 0 Å². The van der Waals surface area contributed by atoms with Crippen LogP contribution in [0.25, 0.3) is 0 Å². The van der Waals surface area contributed by atoms with Gasteiger partial charge >= 0.3 is 0 Å². The molecule has 1 N–H and O–H groups in total. The maximum atomic E-state index is 6.15. The Balaban J connectivity index is 2.23. The second kappa shape index (κ2) is 7.10. The van der Waals surface area contributed by atoms with E-state index in [0.717, 1.165) is 19.5 Å². The van der Waals surface area contributed by atoms with Gasteiger partial charge in [-0.15, -0.1) is 23.2 Å². The second-order valence-electron chi connectivity index (χ2n) is 3.18. The minimum Gasteiger partial charge on any atom is -0.314 e. The number of nitrogens with one attached hydrogen (secondary N) is 1. The van der Waals surface area contributed by atoms with Gasteiger partial charge in [0.05, 0.1) is 5.38 Å². The number of hydrogen-bond acceptors (Lipinski definition) is 1. The van der Waals surface area contributed by atoms with Gasteiger partial charge in [-0.25, -0.2) is 0 Å². The minimum atomic E-state index is 0.139. The van der Waals surface area contributed by atoms with Gasteiger partial charge in [0.1, 0.15) is 0 Å². The van der Waals surface area contributed by atoms with Gasteiger partial charge in [0.25, 0.3) is 0 Å². The van der Waals surface area contributed by atoms with E-state index in [-0.39, 0.29) is 5.38 Å². The summed E-state index contributed by atoms with van der Waals surface area (Å²) in [5.41, 5.74) is 1.28. The van der Waals surface area contributed by atoms with Gasteiger partial charge in [-0.1, -0.05) is 30.3 Å². The van der Waals surface area contributed by atoms with Crippen molar-refractivity contribution in [1.29, 1.82) is 0 Å². The van der Waals surface area contributed by atoms with Gasteiger partial charge in [0.15, 0.2) is 0 Å². The third-order valence-electron chi connectivity index (χ3n) is 1.94. The van der Waals surface area contributed by atoms with E-state index in [4.69, 9.17) is 23.2 Å². The molecule has 1 unspecified atom stereocenters. The molecule has 3 heteroatoms. The molecule has 0 aliphatic rings. The van der Waals surface area contributed by atoms with Crippen LogP contribution in [-0.4, -0.2) is 24.3 Å². The average molecular weight is 232 g/mol. The minimum absolute atomic E-state index is 0.139. The first kappa shape index (κ1) is 11.8. The highest BCUT2D eigenvalue weighted by Gasteiger charge is 2.04. The Hall–Kier alpha value is -0.240. The molecule has 0 fully saturated rings. The highest BCUT2D eigenvalue weighted by molar-refractivity contribution is 6.21. The van der Waals surface area contributed by atoms with Crippen molar-refractivity contribution in [2.45, 2.75) is 11.8 Å². The largest absolute Gasteiger partial charge is 0.314 e. The molecule has 0 amide bonds. The van der Waals surface area contributed by atoms with Gasteiger partial charge in [0, 0.05) is 19.0 Å². The number of benzene rings is 1. The Morgan fingerprint density at radius 2 is 1.93 bits per heavy atom. The van der Waals surface area contributed by atoms with Crippen LogP contribution in [-0.2, 0) is 6.42 Å². The van der Waals surface area contributed by atoms with Crippen molar-refractivity contribution in [3.8, 4) is 0 Å². The van der Waals surface area contributed by atoms with Crippen LogP contribution < -0.4 is 5.32 Å². The van der Waals surface area contributed by atoms with E-state index < -0.39 is 0 Å². The summed E-state index contributed by atoms with van der Waals surface area (Å²) in [7, 11) is 0. The van der Waals surface area contributed by atoms with Gasteiger partial charge in [-0.05, 0) is 12.0 Å². The zero-order chi connectivity index (χ0) is 10.2. The highest BCUT2D eigenvalue weighted by Crippen LogP contribution is 2.06. The van der Waals surface area contributed by atoms with E-state index in [0.29, 0.717) is 5.88 Å². The predicted molar refractivity (Wildman–Crippen MR) is 63.4 cm³/mol. The molecular formula is C11H15Cl2N. The highest BCUT2D eigenvalue weighted by atomic mass is 35.5. The fourth-order valence-electron chi connectivity index (χ4n) is 1.27. The molecule has 1 aromatic rings. The quantitative estimate of drug-likeness (QED) is 0.587. The van der Waals surface area contributed by atoms with E-state index >= 15 is 0 Å². The molecule has 14 heavy (non-hydrogen) atoms. The van der Waals surface area contributed by atoms with Gasteiger partial charge in [0.2, 0.25) is 0 Å². The van der Waals surface area contributed by atoms with Crippen molar-refractivity contribution in [3.63, 3.8) is 0 Å². The Morgan fingerprint density at radius 3 is 2.57 bits per heavy atom. The summed E-state index contributed by atoms with van der Waals surface area (Å²) in [6.45, 7) is 1.63. The van der Waals surface area contributed by atoms with Crippen LogP contribution in [0.15, 0.2) is 30.3 Å². The summed E-state index contributed by atoms with van der Waals surface area (Å²) in [4.78, 5) is 0. The van der Waals surface area contributed by atoms with Gasteiger partial charge < -0.3 is 5.32 Å². The molecule has 0 saturated carbocycles. The Labute approximate surface area is 95.4 Å². The van der Waals surface area contributed by atoms with Crippen molar-refractivity contribution in [1.82, 2.24) is 5.32 Å². The van der Waals surface area contributed by atoms with Crippen LogP contribution in [0.2, 0.25) is 0 Å². The number of hydrogen-bond donors (Lipinski definition) is 1. The van der Waals surface area contributed by atoms with Gasteiger partial charge in [-0.3, -0.25) is 0 Å². The molecule has 0 spiro atoms. The van der Waals surface area contributed by atoms with Crippen molar-refractivity contribution < 1.29 is 0 Å².